The SMILES string of the molecule is CC1(C)c2ccccc2-c2ccc(N(c3ccc(-c4ccccc4)cc3)c3ccc(-c4ccc5ccccc5c4)c4c3oc3c5ccccc5c5ccccc5c34)cc21. The van der Waals surface area contributed by atoms with Crippen molar-refractivity contribution in [2.45, 2.75) is 19.3 Å². The third-order valence-corrected chi connectivity index (χ3v) is 12.8. The van der Waals surface area contributed by atoms with Crippen LogP contribution in [0.15, 0.2) is 205 Å². The Morgan fingerprint density at radius 3 is 1.78 bits per heavy atom. The molecule has 1 aromatic heterocycles. The van der Waals surface area contributed by atoms with Crippen LogP contribution >= 0.6 is 0 Å². The molecule has 0 aliphatic heterocycles. The number of benzene rings is 10. The Kier molecular flexibility index (Phi) is 7.31. The van der Waals surface area contributed by atoms with Crippen LogP contribution in [0, 0.1) is 0 Å². The summed E-state index contributed by atoms with van der Waals surface area (Å²) in [5.41, 5.74) is 14.8. The predicted molar refractivity (Wildman–Crippen MR) is 249 cm³/mol. The molecule has 1 aliphatic carbocycles. The van der Waals surface area contributed by atoms with Crippen LogP contribution in [0.5, 0.6) is 0 Å². The van der Waals surface area contributed by atoms with E-state index in [9.17, 15) is 0 Å². The Balaban J connectivity index is 1.18. The van der Waals surface area contributed by atoms with Gasteiger partial charge in [0.2, 0.25) is 0 Å². The van der Waals surface area contributed by atoms with Crippen molar-refractivity contribution < 1.29 is 4.42 Å². The van der Waals surface area contributed by atoms with Crippen molar-refractivity contribution in [1.29, 1.82) is 0 Å². The van der Waals surface area contributed by atoms with Gasteiger partial charge >= 0.3 is 0 Å². The number of nitrogens with zero attached hydrogens (tertiary/aromatic N) is 1. The fourth-order valence-corrected chi connectivity index (χ4v) is 9.95. The normalized spacial score (nSPS) is 13.1. The topological polar surface area (TPSA) is 16.4 Å². The van der Waals surface area contributed by atoms with E-state index in [-0.39, 0.29) is 5.41 Å². The first-order valence-corrected chi connectivity index (χ1v) is 20.5. The number of anilines is 3. The molecule has 0 radical (unpaired) electrons. The summed E-state index contributed by atoms with van der Waals surface area (Å²) in [4.78, 5) is 2.41. The van der Waals surface area contributed by atoms with Gasteiger partial charge in [-0.2, -0.15) is 0 Å². The largest absolute Gasteiger partial charge is 0.453 e. The minimum Gasteiger partial charge on any atom is -0.453 e. The zero-order valence-electron chi connectivity index (χ0n) is 32.9. The molecule has 0 amide bonds. The van der Waals surface area contributed by atoms with Crippen LogP contribution in [0.3, 0.4) is 0 Å². The molecule has 278 valence electrons. The second kappa shape index (κ2) is 12.8. The molecule has 0 unspecified atom stereocenters. The Hall–Kier alpha value is -7.42. The number of fused-ring (bicyclic) bond motifs is 12. The summed E-state index contributed by atoms with van der Waals surface area (Å²) in [5.74, 6) is 0. The minimum absolute atomic E-state index is 0.156. The van der Waals surface area contributed by atoms with Crippen LogP contribution in [-0.2, 0) is 5.41 Å². The smallest absolute Gasteiger partial charge is 0.160 e. The van der Waals surface area contributed by atoms with E-state index in [2.05, 4.69) is 219 Å². The van der Waals surface area contributed by atoms with Gasteiger partial charge in [-0.3, -0.25) is 0 Å². The highest BCUT2D eigenvalue weighted by atomic mass is 16.3. The molecule has 2 nitrogen and oxygen atoms in total. The van der Waals surface area contributed by atoms with E-state index in [0.717, 1.165) is 55.5 Å². The average Bonchev–Trinajstić information content (AvgIpc) is 3.81. The fourth-order valence-electron chi connectivity index (χ4n) is 9.95. The zero-order chi connectivity index (χ0) is 39.2. The van der Waals surface area contributed by atoms with Gasteiger partial charge in [-0.15, -0.1) is 0 Å². The van der Waals surface area contributed by atoms with Gasteiger partial charge in [0.05, 0.1) is 5.69 Å². The van der Waals surface area contributed by atoms with E-state index in [1.54, 1.807) is 0 Å². The van der Waals surface area contributed by atoms with Crippen LogP contribution in [0.4, 0.5) is 17.1 Å². The highest BCUT2D eigenvalue weighted by Gasteiger charge is 2.36. The lowest BCUT2D eigenvalue weighted by molar-refractivity contribution is 0.660. The second-order valence-corrected chi connectivity index (χ2v) is 16.4. The summed E-state index contributed by atoms with van der Waals surface area (Å²) < 4.78 is 7.41. The number of hydrogen-bond donors (Lipinski definition) is 0. The van der Waals surface area contributed by atoms with Gasteiger partial charge in [0.1, 0.15) is 5.58 Å². The molecule has 0 N–H and O–H groups in total. The van der Waals surface area contributed by atoms with Crippen LogP contribution in [0.25, 0.3) is 87.6 Å². The van der Waals surface area contributed by atoms with Crippen LogP contribution < -0.4 is 4.90 Å². The number of furan rings is 1. The lowest BCUT2D eigenvalue weighted by Crippen LogP contribution is -2.16. The van der Waals surface area contributed by atoms with E-state index in [1.807, 2.05) is 0 Å². The molecule has 12 rings (SSSR count). The van der Waals surface area contributed by atoms with Gasteiger partial charge in [0, 0.05) is 32.9 Å². The van der Waals surface area contributed by atoms with Crippen molar-refractivity contribution in [3.63, 3.8) is 0 Å². The number of rotatable bonds is 5. The molecule has 0 spiro atoms. The van der Waals surface area contributed by atoms with E-state index in [1.165, 1.54) is 60.3 Å². The van der Waals surface area contributed by atoms with Crippen molar-refractivity contribution in [1.82, 2.24) is 0 Å². The summed E-state index contributed by atoms with van der Waals surface area (Å²) in [7, 11) is 0. The summed E-state index contributed by atoms with van der Waals surface area (Å²) in [5, 5.41) is 9.42. The van der Waals surface area contributed by atoms with Crippen LogP contribution in [0.2, 0.25) is 0 Å². The maximum absolute atomic E-state index is 7.41. The molecule has 10 aromatic carbocycles. The first kappa shape index (κ1) is 33.7. The molecule has 0 fully saturated rings. The molecule has 2 heteroatoms. The molecule has 1 aliphatic rings. The van der Waals surface area contributed by atoms with E-state index >= 15 is 0 Å². The van der Waals surface area contributed by atoms with E-state index in [4.69, 9.17) is 4.42 Å². The van der Waals surface area contributed by atoms with Gasteiger partial charge < -0.3 is 9.32 Å². The van der Waals surface area contributed by atoms with E-state index < -0.39 is 0 Å². The summed E-state index contributed by atoms with van der Waals surface area (Å²) in [6.45, 7) is 4.71. The maximum Gasteiger partial charge on any atom is 0.160 e. The number of hydrogen-bond acceptors (Lipinski definition) is 2. The molecule has 1 heterocycles. The lowest BCUT2D eigenvalue weighted by Gasteiger charge is -2.28. The van der Waals surface area contributed by atoms with Crippen molar-refractivity contribution in [3.05, 3.63) is 211 Å². The molecule has 0 bridgehead atoms. The Bertz CT molecular complexity index is 3460. The van der Waals surface area contributed by atoms with E-state index in [0.29, 0.717) is 0 Å². The zero-order valence-corrected chi connectivity index (χ0v) is 32.9. The Morgan fingerprint density at radius 2 is 0.966 bits per heavy atom. The molecular weight excluding hydrogens is 715 g/mol. The third-order valence-electron chi connectivity index (χ3n) is 12.8. The monoisotopic (exact) mass is 753 g/mol. The van der Waals surface area contributed by atoms with Crippen LogP contribution in [0.1, 0.15) is 25.0 Å². The first-order valence-electron chi connectivity index (χ1n) is 20.5. The highest BCUT2D eigenvalue weighted by Crippen LogP contribution is 2.53. The van der Waals surface area contributed by atoms with Crippen molar-refractivity contribution >= 4 is 71.3 Å². The van der Waals surface area contributed by atoms with Crippen LogP contribution in [-0.4, -0.2) is 0 Å². The Morgan fingerprint density at radius 1 is 0.373 bits per heavy atom. The predicted octanol–water partition coefficient (Wildman–Crippen LogP) is 16.2. The third kappa shape index (κ3) is 5.06. The van der Waals surface area contributed by atoms with Gasteiger partial charge in [-0.1, -0.05) is 178 Å². The molecular formula is C57H39NO. The molecule has 0 saturated carbocycles. The lowest BCUT2D eigenvalue weighted by atomic mass is 9.82. The second-order valence-electron chi connectivity index (χ2n) is 16.4. The van der Waals surface area contributed by atoms with Gasteiger partial charge in [0.15, 0.2) is 5.58 Å². The fraction of sp³-hybridized carbons (Fsp3) is 0.0526. The molecule has 0 atom stereocenters. The average molecular weight is 754 g/mol. The van der Waals surface area contributed by atoms with Crippen molar-refractivity contribution in [2.24, 2.45) is 0 Å². The molecule has 0 saturated heterocycles. The van der Waals surface area contributed by atoms with Gasteiger partial charge in [0.25, 0.3) is 0 Å². The molecule has 11 aromatic rings. The van der Waals surface area contributed by atoms with Gasteiger partial charge in [-0.05, 0) is 108 Å². The maximum atomic E-state index is 7.41. The summed E-state index contributed by atoms with van der Waals surface area (Å²) >= 11 is 0. The van der Waals surface area contributed by atoms with Crippen molar-refractivity contribution in [3.8, 4) is 33.4 Å². The standard InChI is InChI=1S/C57H39NO/c1-57(2)50-23-13-12-20-46(50)47-31-30-42(35-51(47)57)58(41-28-26-38(27-29-41)36-14-4-3-5-15-36)52-33-32-43(40-25-24-37-16-6-7-17-39(37)34-40)53-54-48-21-10-8-18-44(48)45-19-9-11-22-49(45)55(54)59-56(52)53/h3-35H,1-2H3. The quantitative estimate of drug-likeness (QED) is 0.163. The summed E-state index contributed by atoms with van der Waals surface area (Å²) in [6.07, 6.45) is 0. The molecule has 59 heavy (non-hydrogen) atoms. The minimum atomic E-state index is -0.156. The first-order chi connectivity index (χ1) is 29.0. The highest BCUT2D eigenvalue weighted by molar-refractivity contribution is 6.33. The summed E-state index contributed by atoms with van der Waals surface area (Å²) in [6, 6.07) is 73.0. The van der Waals surface area contributed by atoms with Gasteiger partial charge in [-0.25, -0.2) is 0 Å². The Labute approximate surface area is 343 Å². The van der Waals surface area contributed by atoms with Crippen molar-refractivity contribution in [2.75, 3.05) is 4.90 Å².